The first kappa shape index (κ1) is 16.0. The predicted molar refractivity (Wildman–Crippen MR) is 104 cm³/mol. The van der Waals surface area contributed by atoms with Gasteiger partial charge >= 0.3 is 0 Å². The summed E-state index contributed by atoms with van der Waals surface area (Å²) in [6.45, 7) is 0.976. The number of H-pyrrole nitrogens is 1. The summed E-state index contributed by atoms with van der Waals surface area (Å²) >= 11 is 0. The fourth-order valence-corrected chi connectivity index (χ4v) is 3.96. The maximum atomic E-state index is 8.96. The lowest BCUT2D eigenvalue weighted by Gasteiger charge is -2.27. The molecule has 0 saturated carbocycles. The standard InChI is InChI=1S/C22H24N2O/c25-13-11-16-8-9-20-17(14-16)4-3-7-21(20)23-12-10-18-15-24-22-6-2-1-5-19(18)22/h1-2,5-6,8-9,11,13-15,21,23-25H,3-4,7,10,12H2/b13-11+. The van der Waals surface area contributed by atoms with E-state index in [1.54, 1.807) is 6.08 Å². The zero-order chi connectivity index (χ0) is 17.1. The van der Waals surface area contributed by atoms with Gasteiger partial charge in [-0.05, 0) is 66.6 Å². The van der Waals surface area contributed by atoms with Gasteiger partial charge in [0, 0.05) is 23.1 Å². The summed E-state index contributed by atoms with van der Waals surface area (Å²) < 4.78 is 0. The van der Waals surface area contributed by atoms with Gasteiger partial charge < -0.3 is 15.4 Å². The predicted octanol–water partition coefficient (Wildman–Crippen LogP) is 4.91. The molecule has 3 nitrogen and oxygen atoms in total. The van der Waals surface area contributed by atoms with Crippen LogP contribution in [0.15, 0.2) is 54.9 Å². The summed E-state index contributed by atoms with van der Waals surface area (Å²) in [4.78, 5) is 3.36. The first-order valence-corrected chi connectivity index (χ1v) is 9.07. The minimum Gasteiger partial charge on any atom is -0.516 e. The Balaban J connectivity index is 1.44. The van der Waals surface area contributed by atoms with Crippen molar-refractivity contribution < 1.29 is 5.11 Å². The van der Waals surface area contributed by atoms with Crippen molar-refractivity contribution >= 4 is 17.0 Å². The summed E-state index contributed by atoms with van der Waals surface area (Å²) in [6.07, 6.45) is 9.55. The van der Waals surface area contributed by atoms with E-state index < -0.39 is 0 Å². The average molecular weight is 332 g/mol. The highest BCUT2D eigenvalue weighted by Crippen LogP contribution is 2.30. The van der Waals surface area contributed by atoms with Crippen molar-refractivity contribution in [1.29, 1.82) is 0 Å². The SMILES string of the molecule is O/C=C/c1ccc2c(c1)CCCC2NCCc1c[nH]c2ccccc12. The van der Waals surface area contributed by atoms with Crippen molar-refractivity contribution in [3.63, 3.8) is 0 Å². The van der Waals surface area contributed by atoms with Crippen LogP contribution in [0.5, 0.6) is 0 Å². The van der Waals surface area contributed by atoms with Crippen molar-refractivity contribution in [1.82, 2.24) is 10.3 Å². The van der Waals surface area contributed by atoms with Crippen LogP contribution >= 0.6 is 0 Å². The van der Waals surface area contributed by atoms with Gasteiger partial charge in [-0.2, -0.15) is 0 Å². The Bertz CT molecular complexity index is 894. The number of aliphatic hydroxyl groups is 1. The van der Waals surface area contributed by atoms with E-state index in [1.807, 2.05) is 0 Å². The highest BCUT2D eigenvalue weighted by molar-refractivity contribution is 5.83. The number of rotatable bonds is 5. The molecule has 0 amide bonds. The molecule has 3 N–H and O–H groups in total. The van der Waals surface area contributed by atoms with Crippen LogP contribution in [0.25, 0.3) is 17.0 Å². The number of hydrogen-bond donors (Lipinski definition) is 3. The van der Waals surface area contributed by atoms with E-state index in [4.69, 9.17) is 5.11 Å². The van der Waals surface area contributed by atoms with Crippen molar-refractivity contribution in [3.8, 4) is 0 Å². The third-order valence-electron chi connectivity index (χ3n) is 5.21. The second kappa shape index (κ2) is 7.16. The van der Waals surface area contributed by atoms with Crippen LogP contribution in [0.1, 0.15) is 41.1 Å². The lowest BCUT2D eigenvalue weighted by atomic mass is 9.86. The van der Waals surface area contributed by atoms with E-state index in [0.717, 1.165) is 31.2 Å². The molecular formula is C22H24N2O. The number of aryl methyl sites for hydroxylation is 1. The van der Waals surface area contributed by atoms with Crippen LogP contribution < -0.4 is 5.32 Å². The van der Waals surface area contributed by atoms with E-state index in [0.29, 0.717) is 6.04 Å². The molecule has 0 radical (unpaired) electrons. The van der Waals surface area contributed by atoms with Gasteiger partial charge in [-0.1, -0.05) is 36.4 Å². The lowest BCUT2D eigenvalue weighted by molar-refractivity contribution is 0.463. The van der Waals surface area contributed by atoms with Crippen LogP contribution in [-0.4, -0.2) is 16.6 Å². The molecule has 1 aliphatic rings. The Kier molecular flexibility index (Phi) is 4.57. The molecule has 0 aliphatic heterocycles. The number of aromatic nitrogens is 1. The summed E-state index contributed by atoms with van der Waals surface area (Å²) in [7, 11) is 0. The molecule has 0 spiro atoms. The molecule has 1 unspecified atom stereocenters. The zero-order valence-electron chi connectivity index (χ0n) is 14.3. The van der Waals surface area contributed by atoms with Crippen molar-refractivity contribution in [2.45, 2.75) is 31.7 Å². The van der Waals surface area contributed by atoms with E-state index in [-0.39, 0.29) is 0 Å². The molecule has 2 aromatic carbocycles. The van der Waals surface area contributed by atoms with E-state index in [9.17, 15) is 0 Å². The van der Waals surface area contributed by atoms with Crippen LogP contribution in [0.2, 0.25) is 0 Å². The Morgan fingerprint density at radius 1 is 1.20 bits per heavy atom. The number of hydrogen-bond acceptors (Lipinski definition) is 2. The highest BCUT2D eigenvalue weighted by atomic mass is 16.2. The first-order chi connectivity index (χ1) is 12.3. The Morgan fingerprint density at radius 2 is 2.12 bits per heavy atom. The van der Waals surface area contributed by atoms with Crippen LogP contribution in [0.3, 0.4) is 0 Å². The minimum absolute atomic E-state index is 0.432. The van der Waals surface area contributed by atoms with Crippen LogP contribution in [-0.2, 0) is 12.8 Å². The molecule has 4 rings (SSSR count). The van der Waals surface area contributed by atoms with Crippen LogP contribution in [0, 0.1) is 0 Å². The average Bonchev–Trinajstić information content (AvgIpc) is 3.05. The lowest BCUT2D eigenvalue weighted by Crippen LogP contribution is -2.27. The van der Waals surface area contributed by atoms with Gasteiger partial charge in [0.25, 0.3) is 0 Å². The third-order valence-corrected chi connectivity index (χ3v) is 5.21. The minimum atomic E-state index is 0.432. The number of para-hydroxylation sites is 1. The smallest absolute Gasteiger partial charge is 0.0797 e. The maximum absolute atomic E-state index is 8.96. The van der Waals surface area contributed by atoms with Gasteiger partial charge in [-0.15, -0.1) is 0 Å². The van der Waals surface area contributed by atoms with Crippen molar-refractivity contribution in [3.05, 3.63) is 77.2 Å². The zero-order valence-corrected chi connectivity index (χ0v) is 14.3. The molecule has 1 atom stereocenters. The second-order valence-corrected chi connectivity index (χ2v) is 6.78. The number of benzene rings is 2. The molecule has 3 heteroatoms. The Hall–Kier alpha value is -2.52. The maximum Gasteiger partial charge on any atom is 0.0797 e. The van der Waals surface area contributed by atoms with Gasteiger partial charge in [0.1, 0.15) is 0 Å². The second-order valence-electron chi connectivity index (χ2n) is 6.78. The number of nitrogens with one attached hydrogen (secondary N) is 2. The molecule has 128 valence electrons. The van der Waals surface area contributed by atoms with Crippen LogP contribution in [0.4, 0.5) is 0 Å². The monoisotopic (exact) mass is 332 g/mol. The largest absolute Gasteiger partial charge is 0.516 e. The summed E-state index contributed by atoms with van der Waals surface area (Å²) in [6, 6.07) is 15.4. The number of fused-ring (bicyclic) bond motifs is 2. The first-order valence-electron chi connectivity index (χ1n) is 9.07. The quantitative estimate of drug-likeness (QED) is 0.582. The van der Waals surface area contributed by atoms with Gasteiger partial charge in [0.2, 0.25) is 0 Å². The fraction of sp³-hybridized carbons (Fsp3) is 0.273. The molecule has 1 aromatic heterocycles. The Labute approximate surface area is 148 Å². The summed E-state index contributed by atoms with van der Waals surface area (Å²) in [5, 5.41) is 14.0. The molecule has 1 aliphatic carbocycles. The van der Waals surface area contributed by atoms with E-state index in [2.05, 4.69) is 59.0 Å². The van der Waals surface area contributed by atoms with Gasteiger partial charge in [-0.3, -0.25) is 0 Å². The van der Waals surface area contributed by atoms with Crippen molar-refractivity contribution in [2.24, 2.45) is 0 Å². The summed E-state index contributed by atoms with van der Waals surface area (Å²) in [5.74, 6) is 0. The summed E-state index contributed by atoms with van der Waals surface area (Å²) in [5.41, 5.74) is 6.49. The topological polar surface area (TPSA) is 48.0 Å². The molecule has 25 heavy (non-hydrogen) atoms. The highest BCUT2D eigenvalue weighted by Gasteiger charge is 2.19. The fourth-order valence-electron chi connectivity index (χ4n) is 3.96. The van der Waals surface area contributed by atoms with Gasteiger partial charge in [0.15, 0.2) is 0 Å². The number of aromatic amines is 1. The molecule has 0 fully saturated rings. The molecular weight excluding hydrogens is 308 g/mol. The molecule has 0 saturated heterocycles. The molecule has 1 heterocycles. The van der Waals surface area contributed by atoms with E-state index >= 15 is 0 Å². The van der Waals surface area contributed by atoms with E-state index in [1.165, 1.54) is 40.4 Å². The van der Waals surface area contributed by atoms with Gasteiger partial charge in [-0.25, -0.2) is 0 Å². The normalized spacial score (nSPS) is 17.2. The van der Waals surface area contributed by atoms with Crippen molar-refractivity contribution in [2.75, 3.05) is 6.54 Å². The molecule has 3 aromatic rings. The molecule has 0 bridgehead atoms. The third kappa shape index (κ3) is 3.33. The Morgan fingerprint density at radius 3 is 3.04 bits per heavy atom. The number of aliphatic hydroxyl groups excluding tert-OH is 1. The van der Waals surface area contributed by atoms with Gasteiger partial charge in [0.05, 0.1) is 6.26 Å².